The summed E-state index contributed by atoms with van der Waals surface area (Å²) in [6.45, 7) is 2.06. The summed E-state index contributed by atoms with van der Waals surface area (Å²) in [5, 5.41) is 3.33. The first kappa shape index (κ1) is 19.7. The molecule has 1 aromatic heterocycles. The lowest BCUT2D eigenvalue weighted by molar-refractivity contribution is 0.0634. The number of hydrogen-bond acceptors (Lipinski definition) is 4. The van der Waals surface area contributed by atoms with Gasteiger partial charge in [-0.15, -0.1) is 12.4 Å². The molecule has 2 aromatic rings. The molecule has 4 nitrogen and oxygen atoms in total. The molecule has 7 heteroatoms. The van der Waals surface area contributed by atoms with Gasteiger partial charge in [-0.25, -0.2) is 4.39 Å². The summed E-state index contributed by atoms with van der Waals surface area (Å²) in [6.07, 6.45) is 5.44. The van der Waals surface area contributed by atoms with Crippen LogP contribution in [0.3, 0.4) is 0 Å². The third-order valence-corrected chi connectivity index (χ3v) is 4.77. The van der Waals surface area contributed by atoms with Gasteiger partial charge in [0.1, 0.15) is 5.82 Å². The van der Waals surface area contributed by atoms with Gasteiger partial charge in [-0.1, -0.05) is 6.07 Å². The molecule has 0 saturated carbocycles. The minimum absolute atomic E-state index is 0. The molecule has 1 amide bonds. The van der Waals surface area contributed by atoms with Gasteiger partial charge < -0.3 is 10.2 Å². The number of rotatable bonds is 4. The SMILES string of the molecule is CSCc1cc(C(=O)N2CCNCC2c2cccnc2)ccc1F.Cl. The van der Waals surface area contributed by atoms with E-state index in [0.717, 1.165) is 12.1 Å². The van der Waals surface area contributed by atoms with E-state index in [1.165, 1.54) is 17.8 Å². The number of pyridine rings is 1. The number of hydrogen-bond donors (Lipinski definition) is 1. The summed E-state index contributed by atoms with van der Waals surface area (Å²) in [7, 11) is 0. The van der Waals surface area contributed by atoms with E-state index >= 15 is 0 Å². The number of nitrogens with one attached hydrogen (secondary N) is 1. The molecule has 1 aliphatic rings. The van der Waals surface area contributed by atoms with Crippen LogP contribution in [-0.2, 0) is 5.75 Å². The first-order valence-electron chi connectivity index (χ1n) is 7.89. The van der Waals surface area contributed by atoms with E-state index in [0.29, 0.717) is 30.0 Å². The molecule has 1 aromatic carbocycles. The van der Waals surface area contributed by atoms with Crippen molar-refractivity contribution >= 4 is 30.1 Å². The second kappa shape index (κ2) is 9.17. The fourth-order valence-electron chi connectivity index (χ4n) is 2.96. The molecular formula is C18H21ClFN3OS. The largest absolute Gasteiger partial charge is 0.329 e. The summed E-state index contributed by atoms with van der Waals surface area (Å²) >= 11 is 1.54. The lowest BCUT2D eigenvalue weighted by Gasteiger charge is -2.36. The van der Waals surface area contributed by atoms with Crippen molar-refractivity contribution in [3.63, 3.8) is 0 Å². The Labute approximate surface area is 157 Å². The van der Waals surface area contributed by atoms with Crippen molar-refractivity contribution in [2.45, 2.75) is 11.8 Å². The van der Waals surface area contributed by atoms with Crippen LogP contribution in [0.1, 0.15) is 27.5 Å². The summed E-state index contributed by atoms with van der Waals surface area (Å²) in [5.41, 5.74) is 2.11. The Balaban J connectivity index is 0.00000225. The highest BCUT2D eigenvalue weighted by Crippen LogP contribution is 2.25. The van der Waals surface area contributed by atoms with Gasteiger partial charge in [-0.05, 0) is 41.6 Å². The molecule has 1 saturated heterocycles. The molecule has 1 atom stereocenters. The molecule has 1 N–H and O–H groups in total. The van der Waals surface area contributed by atoms with Gasteiger partial charge in [0.2, 0.25) is 0 Å². The quantitative estimate of drug-likeness (QED) is 0.882. The van der Waals surface area contributed by atoms with E-state index in [9.17, 15) is 9.18 Å². The lowest BCUT2D eigenvalue weighted by Crippen LogP contribution is -2.48. The standard InChI is InChI=1S/C18H20FN3OS.ClH/c1-24-12-15-9-13(4-5-16(15)19)18(23)22-8-7-21-11-17(22)14-3-2-6-20-10-14;/h2-6,9-10,17,21H,7-8,11-12H2,1H3;1H. The van der Waals surface area contributed by atoms with Crippen molar-refractivity contribution < 1.29 is 9.18 Å². The van der Waals surface area contributed by atoms with Crippen LogP contribution in [0.25, 0.3) is 0 Å². The van der Waals surface area contributed by atoms with E-state index in [1.807, 2.05) is 23.3 Å². The van der Waals surface area contributed by atoms with Gasteiger partial charge in [0, 0.05) is 43.3 Å². The third kappa shape index (κ3) is 4.51. The molecule has 3 rings (SSSR count). The van der Waals surface area contributed by atoms with Gasteiger partial charge in [0.05, 0.1) is 6.04 Å². The monoisotopic (exact) mass is 381 g/mol. The minimum atomic E-state index is -0.259. The Kier molecular flexibility index (Phi) is 7.23. The smallest absolute Gasteiger partial charge is 0.254 e. The van der Waals surface area contributed by atoms with E-state index in [4.69, 9.17) is 0 Å². The van der Waals surface area contributed by atoms with Crippen LogP contribution in [0.5, 0.6) is 0 Å². The summed E-state index contributed by atoms with van der Waals surface area (Å²) < 4.78 is 13.8. The van der Waals surface area contributed by atoms with Crippen molar-refractivity contribution in [3.8, 4) is 0 Å². The summed E-state index contributed by atoms with van der Waals surface area (Å²) in [6, 6.07) is 8.44. The molecule has 0 spiro atoms. The van der Waals surface area contributed by atoms with E-state index in [1.54, 1.807) is 24.5 Å². The van der Waals surface area contributed by atoms with Crippen LogP contribution in [0.2, 0.25) is 0 Å². The number of benzene rings is 1. The maximum Gasteiger partial charge on any atom is 0.254 e. The summed E-state index contributed by atoms with van der Waals surface area (Å²) in [4.78, 5) is 19.0. The molecule has 0 bridgehead atoms. The maximum atomic E-state index is 13.8. The highest BCUT2D eigenvalue weighted by molar-refractivity contribution is 7.97. The molecule has 1 unspecified atom stereocenters. The second-order valence-corrected chi connectivity index (χ2v) is 6.61. The number of piperazine rings is 1. The van der Waals surface area contributed by atoms with Gasteiger partial charge >= 0.3 is 0 Å². The van der Waals surface area contributed by atoms with Crippen molar-refractivity contribution in [2.24, 2.45) is 0 Å². The normalized spacial score (nSPS) is 17.0. The molecule has 1 aliphatic heterocycles. The van der Waals surface area contributed by atoms with Crippen LogP contribution in [0.15, 0.2) is 42.7 Å². The number of amides is 1. The van der Waals surface area contributed by atoms with Gasteiger partial charge in [0.15, 0.2) is 0 Å². The Morgan fingerprint density at radius 1 is 1.44 bits per heavy atom. The molecular weight excluding hydrogens is 361 g/mol. The third-order valence-electron chi connectivity index (χ3n) is 4.17. The van der Waals surface area contributed by atoms with Crippen molar-refractivity contribution in [3.05, 3.63) is 65.2 Å². The maximum absolute atomic E-state index is 13.8. The first-order chi connectivity index (χ1) is 11.7. The highest BCUT2D eigenvalue weighted by atomic mass is 35.5. The molecule has 134 valence electrons. The molecule has 0 aliphatic carbocycles. The van der Waals surface area contributed by atoms with Gasteiger partial charge in [-0.2, -0.15) is 11.8 Å². The number of carbonyl (C=O) groups excluding carboxylic acids is 1. The summed E-state index contributed by atoms with van der Waals surface area (Å²) in [5.74, 6) is 0.235. The van der Waals surface area contributed by atoms with Crippen LogP contribution in [-0.4, -0.2) is 41.7 Å². The molecule has 0 radical (unpaired) electrons. The Morgan fingerprint density at radius 3 is 3.00 bits per heavy atom. The van der Waals surface area contributed by atoms with Crippen molar-refractivity contribution in [1.29, 1.82) is 0 Å². The van der Waals surface area contributed by atoms with Crippen LogP contribution in [0.4, 0.5) is 4.39 Å². The van der Waals surface area contributed by atoms with Gasteiger partial charge in [-0.3, -0.25) is 9.78 Å². The van der Waals surface area contributed by atoms with Crippen LogP contribution < -0.4 is 5.32 Å². The fourth-order valence-corrected chi connectivity index (χ4v) is 3.49. The number of nitrogens with zero attached hydrogens (tertiary/aromatic N) is 2. The molecule has 25 heavy (non-hydrogen) atoms. The minimum Gasteiger partial charge on any atom is -0.329 e. The van der Waals surface area contributed by atoms with Crippen LogP contribution >= 0.6 is 24.2 Å². The van der Waals surface area contributed by atoms with E-state index in [2.05, 4.69) is 10.3 Å². The highest BCUT2D eigenvalue weighted by Gasteiger charge is 2.29. The van der Waals surface area contributed by atoms with E-state index < -0.39 is 0 Å². The predicted molar refractivity (Wildman–Crippen MR) is 102 cm³/mol. The first-order valence-corrected chi connectivity index (χ1v) is 9.29. The van der Waals surface area contributed by atoms with E-state index in [-0.39, 0.29) is 30.2 Å². The van der Waals surface area contributed by atoms with Crippen molar-refractivity contribution in [1.82, 2.24) is 15.2 Å². The number of thioether (sulfide) groups is 1. The molecule has 1 fully saturated rings. The number of halogens is 2. The second-order valence-electron chi connectivity index (χ2n) is 5.74. The lowest BCUT2D eigenvalue weighted by atomic mass is 10.0. The fraction of sp³-hybridized carbons (Fsp3) is 0.333. The Bertz CT molecular complexity index is 717. The number of carbonyl (C=O) groups is 1. The Morgan fingerprint density at radius 2 is 2.28 bits per heavy atom. The van der Waals surface area contributed by atoms with Gasteiger partial charge in [0.25, 0.3) is 5.91 Å². The van der Waals surface area contributed by atoms with Crippen LogP contribution in [0, 0.1) is 5.82 Å². The number of aromatic nitrogens is 1. The average molecular weight is 382 g/mol. The zero-order chi connectivity index (χ0) is 16.9. The average Bonchev–Trinajstić information content (AvgIpc) is 2.64. The zero-order valence-corrected chi connectivity index (χ0v) is 15.6. The molecule has 2 heterocycles. The predicted octanol–water partition coefficient (Wildman–Crippen LogP) is 3.29. The topological polar surface area (TPSA) is 45.2 Å². The zero-order valence-electron chi connectivity index (χ0n) is 13.9. The van der Waals surface area contributed by atoms with Crippen molar-refractivity contribution in [2.75, 3.05) is 25.9 Å². The Hall–Kier alpha value is -1.63.